The van der Waals surface area contributed by atoms with E-state index in [0.717, 1.165) is 40.9 Å². The lowest BCUT2D eigenvalue weighted by Crippen LogP contribution is -2.40. The first-order valence-electron chi connectivity index (χ1n) is 12.1. The lowest BCUT2D eigenvalue weighted by molar-refractivity contribution is 0.126. The highest BCUT2D eigenvalue weighted by Gasteiger charge is 2.20. The molecule has 0 aliphatic carbocycles. The van der Waals surface area contributed by atoms with E-state index in [9.17, 15) is 4.39 Å². The minimum atomic E-state index is -0.298. The van der Waals surface area contributed by atoms with Crippen LogP contribution >= 0.6 is 11.6 Å². The Morgan fingerprint density at radius 2 is 1.92 bits per heavy atom. The normalized spacial score (nSPS) is 16.1. The maximum Gasteiger partial charge on any atom is 0.145 e. The molecule has 5 rings (SSSR count). The van der Waals surface area contributed by atoms with Crippen LogP contribution in [-0.2, 0) is 6.61 Å². The Hall–Kier alpha value is -3.42. The predicted octanol–water partition coefficient (Wildman–Crippen LogP) is 6.61. The fourth-order valence-corrected chi connectivity index (χ4v) is 4.69. The number of halogens is 2. The molecule has 4 aromatic rings. The van der Waals surface area contributed by atoms with Gasteiger partial charge in [-0.2, -0.15) is 0 Å². The van der Waals surface area contributed by atoms with Gasteiger partial charge >= 0.3 is 0 Å². The Labute approximate surface area is 215 Å². The van der Waals surface area contributed by atoms with Gasteiger partial charge < -0.3 is 19.7 Å². The number of hydrogen-bond donors (Lipinski definition) is 1. The van der Waals surface area contributed by atoms with Gasteiger partial charge in [-0.15, -0.1) is 0 Å². The second kappa shape index (κ2) is 11.1. The van der Waals surface area contributed by atoms with E-state index in [1.54, 1.807) is 24.3 Å². The number of nitrogens with one attached hydrogen (secondary N) is 1. The quantitative estimate of drug-likeness (QED) is 0.290. The van der Waals surface area contributed by atoms with Gasteiger partial charge in [0.1, 0.15) is 42.7 Å². The zero-order valence-electron chi connectivity index (χ0n) is 20.1. The number of ether oxygens (including phenoxy) is 2. The molecule has 1 aliphatic rings. The molecule has 1 N–H and O–H groups in total. The predicted molar refractivity (Wildman–Crippen MR) is 141 cm³/mol. The fraction of sp³-hybridized carbons (Fsp3) is 0.286. The second-order valence-electron chi connectivity index (χ2n) is 9.00. The summed E-state index contributed by atoms with van der Waals surface area (Å²) in [5.41, 5.74) is 2.27. The molecule has 1 unspecified atom stereocenters. The van der Waals surface area contributed by atoms with Crippen LogP contribution in [0.15, 0.2) is 67.0 Å². The van der Waals surface area contributed by atoms with E-state index in [1.165, 1.54) is 31.3 Å². The first-order chi connectivity index (χ1) is 17.6. The third kappa shape index (κ3) is 5.69. The van der Waals surface area contributed by atoms with E-state index >= 15 is 0 Å². The molecule has 1 fully saturated rings. The Kier molecular flexibility index (Phi) is 7.49. The third-order valence-corrected chi connectivity index (χ3v) is 6.75. The molecule has 2 heterocycles. The molecular formula is C28H28ClFN4O2. The van der Waals surface area contributed by atoms with E-state index in [0.29, 0.717) is 29.2 Å². The largest absolute Gasteiger partial charge is 0.491 e. The highest BCUT2D eigenvalue weighted by molar-refractivity contribution is 6.32. The van der Waals surface area contributed by atoms with Gasteiger partial charge in [0.2, 0.25) is 0 Å². The summed E-state index contributed by atoms with van der Waals surface area (Å²) in [4.78, 5) is 11.3. The highest BCUT2D eigenvalue weighted by Crippen LogP contribution is 2.34. The second-order valence-corrected chi connectivity index (χ2v) is 9.41. The molecule has 36 heavy (non-hydrogen) atoms. The molecule has 1 aliphatic heterocycles. The summed E-state index contributed by atoms with van der Waals surface area (Å²) in [5, 5.41) is 4.61. The molecule has 0 bridgehead atoms. The molecular weight excluding hydrogens is 479 g/mol. The van der Waals surface area contributed by atoms with Crippen molar-refractivity contribution in [3.05, 3.63) is 83.4 Å². The number of aromatic nitrogens is 2. The summed E-state index contributed by atoms with van der Waals surface area (Å²) >= 11 is 6.49. The van der Waals surface area contributed by atoms with Crippen molar-refractivity contribution in [2.75, 3.05) is 25.5 Å². The summed E-state index contributed by atoms with van der Waals surface area (Å²) in [6.45, 7) is 1.94. The van der Waals surface area contributed by atoms with Crippen molar-refractivity contribution in [1.29, 1.82) is 0 Å². The standard InChI is InChI=1S/C28H28ClFN4O2/c1-34-13-3-2-8-22(34)17-36-26-10-5-9-24-27(26)28(32-18-31-24)33-21-11-12-25(23(29)15-21)35-16-19-6-4-7-20(30)14-19/h4-7,9-12,14-15,18,22H,2-3,8,13,16-17H2,1H3,(H,31,32,33). The number of likely N-dealkylation sites (N-methyl/N-ethyl adjacent to an activating group) is 1. The van der Waals surface area contributed by atoms with Crippen molar-refractivity contribution in [3.8, 4) is 11.5 Å². The van der Waals surface area contributed by atoms with Crippen LogP contribution in [0.3, 0.4) is 0 Å². The lowest BCUT2D eigenvalue weighted by atomic mass is 10.0. The highest BCUT2D eigenvalue weighted by atomic mass is 35.5. The maximum atomic E-state index is 13.4. The van der Waals surface area contributed by atoms with Crippen LogP contribution in [0.4, 0.5) is 15.9 Å². The van der Waals surface area contributed by atoms with E-state index in [-0.39, 0.29) is 12.4 Å². The molecule has 186 valence electrons. The van der Waals surface area contributed by atoms with E-state index < -0.39 is 0 Å². The van der Waals surface area contributed by atoms with Crippen LogP contribution in [0.2, 0.25) is 5.02 Å². The number of nitrogens with zero attached hydrogens (tertiary/aromatic N) is 3. The number of rotatable bonds is 8. The molecule has 0 amide bonds. The molecule has 8 heteroatoms. The molecule has 1 aromatic heterocycles. The smallest absolute Gasteiger partial charge is 0.145 e. The summed E-state index contributed by atoms with van der Waals surface area (Å²) in [6.07, 6.45) is 5.13. The van der Waals surface area contributed by atoms with Crippen LogP contribution in [0.1, 0.15) is 24.8 Å². The summed E-state index contributed by atoms with van der Waals surface area (Å²) in [5.74, 6) is 1.60. The van der Waals surface area contributed by atoms with Crippen molar-refractivity contribution in [2.45, 2.75) is 31.9 Å². The molecule has 0 saturated carbocycles. The van der Waals surface area contributed by atoms with Gasteiger partial charge in [-0.25, -0.2) is 14.4 Å². The number of piperidine rings is 1. The Bertz CT molecular complexity index is 1350. The molecule has 0 radical (unpaired) electrons. The van der Waals surface area contributed by atoms with Crippen LogP contribution in [-0.4, -0.2) is 41.1 Å². The van der Waals surface area contributed by atoms with Crippen LogP contribution in [0.25, 0.3) is 10.9 Å². The molecule has 1 atom stereocenters. The Morgan fingerprint density at radius 1 is 1.03 bits per heavy atom. The number of anilines is 2. The number of fused-ring (bicyclic) bond motifs is 1. The average Bonchev–Trinajstić information content (AvgIpc) is 2.88. The third-order valence-electron chi connectivity index (χ3n) is 6.46. The van der Waals surface area contributed by atoms with Crippen molar-refractivity contribution in [2.24, 2.45) is 0 Å². The molecule has 6 nitrogen and oxygen atoms in total. The Balaban J connectivity index is 1.33. The molecule has 3 aromatic carbocycles. The topological polar surface area (TPSA) is 59.5 Å². The average molecular weight is 507 g/mol. The summed E-state index contributed by atoms with van der Waals surface area (Å²) in [7, 11) is 2.15. The van der Waals surface area contributed by atoms with Gasteiger partial charge in [-0.1, -0.05) is 36.2 Å². The van der Waals surface area contributed by atoms with E-state index in [4.69, 9.17) is 21.1 Å². The number of benzene rings is 3. The first kappa shape index (κ1) is 24.3. The van der Waals surface area contributed by atoms with Crippen molar-refractivity contribution < 1.29 is 13.9 Å². The van der Waals surface area contributed by atoms with Crippen molar-refractivity contribution in [1.82, 2.24) is 14.9 Å². The van der Waals surface area contributed by atoms with Gasteiger partial charge in [0.05, 0.1) is 15.9 Å². The minimum Gasteiger partial charge on any atom is -0.491 e. The zero-order chi connectivity index (χ0) is 24.9. The lowest BCUT2D eigenvalue weighted by Gasteiger charge is -2.32. The van der Waals surface area contributed by atoms with Gasteiger partial charge in [0, 0.05) is 11.7 Å². The van der Waals surface area contributed by atoms with E-state index in [1.807, 2.05) is 24.3 Å². The van der Waals surface area contributed by atoms with Crippen molar-refractivity contribution in [3.63, 3.8) is 0 Å². The SMILES string of the molecule is CN1CCCCC1COc1cccc2ncnc(Nc3ccc(OCc4cccc(F)c4)c(Cl)c3)c12. The van der Waals surface area contributed by atoms with Crippen LogP contribution < -0.4 is 14.8 Å². The van der Waals surface area contributed by atoms with Gasteiger partial charge in [0.25, 0.3) is 0 Å². The number of likely N-dealkylation sites (tertiary alicyclic amines) is 1. The van der Waals surface area contributed by atoms with E-state index in [2.05, 4.69) is 27.2 Å². The minimum absolute atomic E-state index is 0.220. The fourth-order valence-electron chi connectivity index (χ4n) is 4.45. The summed E-state index contributed by atoms with van der Waals surface area (Å²) < 4.78 is 25.5. The van der Waals surface area contributed by atoms with Gasteiger partial charge in [0.15, 0.2) is 0 Å². The van der Waals surface area contributed by atoms with Crippen LogP contribution in [0.5, 0.6) is 11.5 Å². The zero-order valence-corrected chi connectivity index (χ0v) is 20.8. The maximum absolute atomic E-state index is 13.4. The Morgan fingerprint density at radius 3 is 2.75 bits per heavy atom. The van der Waals surface area contributed by atoms with Crippen molar-refractivity contribution >= 4 is 34.0 Å². The van der Waals surface area contributed by atoms with Gasteiger partial charge in [-0.3, -0.25) is 0 Å². The van der Waals surface area contributed by atoms with Crippen LogP contribution in [0, 0.1) is 5.82 Å². The first-order valence-corrected chi connectivity index (χ1v) is 12.5. The monoisotopic (exact) mass is 506 g/mol. The molecule has 0 spiro atoms. The number of hydrogen-bond acceptors (Lipinski definition) is 6. The molecule has 1 saturated heterocycles. The van der Waals surface area contributed by atoms with Gasteiger partial charge in [-0.05, 0) is 74.5 Å². The summed E-state index contributed by atoms with van der Waals surface area (Å²) in [6, 6.07) is 18.0.